The van der Waals surface area contributed by atoms with E-state index in [0.29, 0.717) is 6.42 Å². The Morgan fingerprint density at radius 3 is 2.53 bits per heavy atom. The maximum atomic E-state index is 9.80. The summed E-state index contributed by atoms with van der Waals surface area (Å²) in [5, 5.41) is 11.0. The molecule has 1 heterocycles. The predicted octanol–water partition coefficient (Wildman–Crippen LogP) is 2.79. The molecule has 2 aromatic rings. The van der Waals surface area contributed by atoms with Crippen LogP contribution in [0.3, 0.4) is 0 Å². The summed E-state index contributed by atoms with van der Waals surface area (Å²) in [5.41, 5.74) is 2.86. The second-order valence-electron chi connectivity index (χ2n) is 4.76. The van der Waals surface area contributed by atoms with Crippen LogP contribution in [0, 0.1) is 6.92 Å². The lowest BCUT2D eigenvalue weighted by Gasteiger charge is -2.16. The first-order valence-electron chi connectivity index (χ1n) is 5.26. The van der Waals surface area contributed by atoms with Crippen molar-refractivity contribution in [2.24, 2.45) is 0 Å². The van der Waals surface area contributed by atoms with Crippen molar-refractivity contribution < 1.29 is 5.11 Å². The van der Waals surface area contributed by atoms with Gasteiger partial charge in [0.2, 0.25) is 0 Å². The average Bonchev–Trinajstić information content (AvgIpc) is 2.42. The molecule has 2 N–H and O–H groups in total. The van der Waals surface area contributed by atoms with Crippen molar-refractivity contribution in [3.63, 3.8) is 0 Å². The number of aromatic nitrogens is 1. The van der Waals surface area contributed by atoms with E-state index in [1.807, 2.05) is 26.0 Å². The molecule has 0 aliphatic heterocycles. The standard InChI is InChI=1S/C13H17NO/c1-9-10-6-4-5-7-11(10)14-12(9)8-13(2,3)15/h4-7,14-15H,8H2,1-3H3. The summed E-state index contributed by atoms with van der Waals surface area (Å²) in [6.07, 6.45) is 0.660. The van der Waals surface area contributed by atoms with E-state index in [9.17, 15) is 5.11 Å². The van der Waals surface area contributed by atoms with Gasteiger partial charge in [-0.3, -0.25) is 0 Å². The molecular formula is C13H17NO. The molecule has 0 spiro atoms. The van der Waals surface area contributed by atoms with E-state index in [4.69, 9.17) is 0 Å². The molecule has 1 aromatic carbocycles. The van der Waals surface area contributed by atoms with Gasteiger partial charge in [0.1, 0.15) is 0 Å². The molecule has 15 heavy (non-hydrogen) atoms. The summed E-state index contributed by atoms with van der Waals surface area (Å²) in [5.74, 6) is 0. The fourth-order valence-corrected chi connectivity index (χ4v) is 1.95. The van der Waals surface area contributed by atoms with Crippen molar-refractivity contribution in [1.82, 2.24) is 4.98 Å². The van der Waals surface area contributed by atoms with E-state index in [2.05, 4.69) is 24.0 Å². The van der Waals surface area contributed by atoms with Crippen LogP contribution >= 0.6 is 0 Å². The maximum absolute atomic E-state index is 9.80. The maximum Gasteiger partial charge on any atom is 0.0646 e. The minimum Gasteiger partial charge on any atom is -0.390 e. The highest BCUT2D eigenvalue weighted by atomic mass is 16.3. The number of aromatic amines is 1. The summed E-state index contributed by atoms with van der Waals surface area (Å²) in [6, 6.07) is 8.23. The molecule has 1 aromatic heterocycles. The zero-order valence-corrected chi connectivity index (χ0v) is 9.46. The smallest absolute Gasteiger partial charge is 0.0646 e. The number of hydrogen-bond acceptors (Lipinski definition) is 1. The van der Waals surface area contributed by atoms with Crippen molar-refractivity contribution in [2.45, 2.75) is 32.8 Å². The second-order valence-corrected chi connectivity index (χ2v) is 4.76. The van der Waals surface area contributed by atoms with E-state index in [1.165, 1.54) is 10.9 Å². The Labute approximate surface area is 89.9 Å². The van der Waals surface area contributed by atoms with Crippen LogP contribution in [0.1, 0.15) is 25.1 Å². The van der Waals surface area contributed by atoms with Crippen molar-refractivity contribution in [2.75, 3.05) is 0 Å². The fourth-order valence-electron chi connectivity index (χ4n) is 1.95. The third-order valence-electron chi connectivity index (χ3n) is 2.68. The number of nitrogens with one attached hydrogen (secondary N) is 1. The van der Waals surface area contributed by atoms with Gasteiger partial charge in [-0.05, 0) is 32.4 Å². The van der Waals surface area contributed by atoms with Gasteiger partial charge < -0.3 is 10.1 Å². The van der Waals surface area contributed by atoms with Gasteiger partial charge in [-0.25, -0.2) is 0 Å². The number of benzene rings is 1. The van der Waals surface area contributed by atoms with E-state index in [0.717, 1.165) is 11.2 Å². The first kappa shape index (κ1) is 10.2. The van der Waals surface area contributed by atoms with Gasteiger partial charge in [-0.1, -0.05) is 18.2 Å². The summed E-state index contributed by atoms with van der Waals surface area (Å²) < 4.78 is 0. The number of fused-ring (bicyclic) bond motifs is 1. The minimum atomic E-state index is -0.661. The Balaban J connectivity index is 2.49. The number of aryl methyl sites for hydroxylation is 1. The summed E-state index contributed by atoms with van der Waals surface area (Å²) in [4.78, 5) is 3.36. The van der Waals surface area contributed by atoms with Gasteiger partial charge in [0.25, 0.3) is 0 Å². The number of H-pyrrole nitrogens is 1. The number of aliphatic hydroxyl groups is 1. The van der Waals surface area contributed by atoms with E-state index >= 15 is 0 Å². The first-order chi connectivity index (χ1) is 6.97. The summed E-state index contributed by atoms with van der Waals surface area (Å²) >= 11 is 0. The first-order valence-corrected chi connectivity index (χ1v) is 5.26. The Morgan fingerprint density at radius 1 is 1.27 bits per heavy atom. The van der Waals surface area contributed by atoms with Crippen LogP contribution < -0.4 is 0 Å². The van der Waals surface area contributed by atoms with Gasteiger partial charge >= 0.3 is 0 Å². The van der Waals surface area contributed by atoms with Crippen LogP contribution in [-0.2, 0) is 6.42 Å². The lowest BCUT2D eigenvalue weighted by Crippen LogP contribution is -2.22. The Morgan fingerprint density at radius 2 is 1.93 bits per heavy atom. The molecule has 0 saturated carbocycles. The molecule has 0 atom stereocenters. The Hall–Kier alpha value is -1.28. The van der Waals surface area contributed by atoms with Gasteiger partial charge in [-0.2, -0.15) is 0 Å². The van der Waals surface area contributed by atoms with Crippen LogP contribution in [0.25, 0.3) is 10.9 Å². The molecule has 0 radical (unpaired) electrons. The molecule has 2 nitrogen and oxygen atoms in total. The molecule has 2 heteroatoms. The van der Waals surface area contributed by atoms with Crippen LogP contribution in [0.5, 0.6) is 0 Å². The lowest BCUT2D eigenvalue weighted by atomic mass is 10.0. The second kappa shape index (κ2) is 3.38. The third-order valence-corrected chi connectivity index (χ3v) is 2.68. The molecular weight excluding hydrogens is 186 g/mol. The van der Waals surface area contributed by atoms with Gasteiger partial charge in [0.15, 0.2) is 0 Å². The summed E-state index contributed by atoms with van der Waals surface area (Å²) in [6.45, 7) is 5.76. The molecule has 2 rings (SSSR count). The normalized spacial score (nSPS) is 12.3. The summed E-state index contributed by atoms with van der Waals surface area (Å²) in [7, 11) is 0. The number of hydrogen-bond donors (Lipinski definition) is 2. The van der Waals surface area contributed by atoms with Crippen molar-refractivity contribution in [3.05, 3.63) is 35.5 Å². The third kappa shape index (κ3) is 2.05. The fraction of sp³-hybridized carbons (Fsp3) is 0.385. The molecule has 0 unspecified atom stereocenters. The predicted molar refractivity (Wildman–Crippen MR) is 63.0 cm³/mol. The minimum absolute atomic E-state index is 0.660. The Kier molecular flexibility index (Phi) is 2.31. The van der Waals surface area contributed by atoms with Crippen LogP contribution in [0.4, 0.5) is 0 Å². The van der Waals surface area contributed by atoms with Crippen molar-refractivity contribution in [1.29, 1.82) is 0 Å². The highest BCUT2D eigenvalue weighted by Gasteiger charge is 2.17. The SMILES string of the molecule is Cc1c(CC(C)(C)O)[nH]c2ccccc12. The topological polar surface area (TPSA) is 36.0 Å². The zero-order chi connectivity index (χ0) is 11.1. The molecule has 0 aliphatic rings. The molecule has 80 valence electrons. The van der Waals surface area contributed by atoms with Gasteiger partial charge in [0, 0.05) is 23.0 Å². The van der Waals surface area contributed by atoms with E-state index < -0.39 is 5.60 Å². The molecule has 0 saturated heterocycles. The van der Waals surface area contributed by atoms with E-state index in [1.54, 1.807) is 0 Å². The molecule has 0 fully saturated rings. The molecule has 0 amide bonds. The van der Waals surface area contributed by atoms with Crippen molar-refractivity contribution >= 4 is 10.9 Å². The number of rotatable bonds is 2. The molecule has 0 bridgehead atoms. The Bertz CT molecular complexity index is 477. The van der Waals surface area contributed by atoms with E-state index in [-0.39, 0.29) is 0 Å². The average molecular weight is 203 g/mol. The lowest BCUT2D eigenvalue weighted by molar-refractivity contribution is 0.0800. The number of para-hydroxylation sites is 1. The largest absolute Gasteiger partial charge is 0.390 e. The van der Waals surface area contributed by atoms with Crippen molar-refractivity contribution in [3.8, 4) is 0 Å². The highest BCUT2D eigenvalue weighted by molar-refractivity contribution is 5.84. The van der Waals surface area contributed by atoms with Crippen LogP contribution in [-0.4, -0.2) is 15.7 Å². The van der Waals surface area contributed by atoms with Crippen LogP contribution in [0.15, 0.2) is 24.3 Å². The quantitative estimate of drug-likeness (QED) is 0.773. The monoisotopic (exact) mass is 203 g/mol. The van der Waals surface area contributed by atoms with Gasteiger partial charge in [0.05, 0.1) is 5.60 Å². The van der Waals surface area contributed by atoms with Crippen LogP contribution in [0.2, 0.25) is 0 Å². The van der Waals surface area contributed by atoms with Gasteiger partial charge in [-0.15, -0.1) is 0 Å². The molecule has 0 aliphatic carbocycles. The highest BCUT2D eigenvalue weighted by Crippen LogP contribution is 2.24. The zero-order valence-electron chi connectivity index (χ0n) is 9.46.